The second-order valence-electron chi connectivity index (χ2n) is 9.93. The number of phenolic OH excluding ortho intramolecular Hbond substituents is 1. The molecule has 0 atom stereocenters. The van der Waals surface area contributed by atoms with Crippen LogP contribution >= 0.6 is 0 Å². The summed E-state index contributed by atoms with van der Waals surface area (Å²) in [6.45, 7) is 0.470. The highest BCUT2D eigenvalue weighted by molar-refractivity contribution is 5.95. The van der Waals surface area contributed by atoms with Gasteiger partial charge in [-0.1, -0.05) is 0 Å². The van der Waals surface area contributed by atoms with Crippen molar-refractivity contribution < 1.29 is 18.3 Å². The molecule has 3 N–H and O–H groups in total. The predicted molar refractivity (Wildman–Crippen MR) is 142 cm³/mol. The number of aromatic nitrogens is 7. The highest BCUT2D eigenvalue weighted by atomic mass is 19.3. The largest absolute Gasteiger partial charge is 0.508 e. The van der Waals surface area contributed by atoms with Crippen LogP contribution in [-0.2, 0) is 6.54 Å². The summed E-state index contributed by atoms with van der Waals surface area (Å²) in [6.07, 6.45) is 6.40. The highest BCUT2D eigenvalue weighted by Gasteiger charge is 2.37. The zero-order chi connectivity index (χ0) is 27.4. The Balaban J connectivity index is 1.25. The Hall–Kier alpha value is -4.84. The van der Waals surface area contributed by atoms with Crippen LogP contribution < -0.4 is 0 Å². The number of rotatable bonds is 5. The van der Waals surface area contributed by atoms with Gasteiger partial charge in [-0.15, -0.1) is 0 Å². The number of H-pyrrole nitrogens is 2. The number of fused-ring (bicyclic) bond motifs is 2. The zero-order valence-electron chi connectivity index (χ0n) is 20.9. The van der Waals surface area contributed by atoms with Crippen LogP contribution in [0.25, 0.3) is 56.0 Å². The number of likely N-dealkylation sites (tertiary alicyclic amines) is 1. The van der Waals surface area contributed by atoms with Crippen molar-refractivity contribution in [3.8, 4) is 39.7 Å². The minimum Gasteiger partial charge on any atom is -0.508 e. The van der Waals surface area contributed by atoms with Gasteiger partial charge in [0, 0.05) is 55.3 Å². The number of phenols is 1. The molecule has 0 unspecified atom stereocenters. The number of alkyl halides is 2. The number of nitrogens with zero attached hydrogens (tertiary/aromatic N) is 6. The van der Waals surface area contributed by atoms with Crippen molar-refractivity contribution in [1.29, 1.82) is 0 Å². The van der Waals surface area contributed by atoms with Gasteiger partial charge in [-0.25, -0.2) is 23.1 Å². The van der Waals surface area contributed by atoms with Crippen LogP contribution in [0.2, 0.25) is 0 Å². The molecule has 0 saturated carbocycles. The molecular weight excluding hydrogens is 521 g/mol. The normalized spacial score (nSPS) is 15.4. The molecule has 9 nitrogen and oxygen atoms in total. The van der Waals surface area contributed by atoms with E-state index in [0.717, 1.165) is 17.2 Å². The molecule has 7 rings (SSSR count). The Kier molecular flexibility index (Phi) is 5.52. The van der Waals surface area contributed by atoms with Gasteiger partial charge in [0.2, 0.25) is 0 Å². The molecule has 1 aromatic carbocycles. The van der Waals surface area contributed by atoms with Crippen LogP contribution in [-0.4, -0.2) is 64.1 Å². The zero-order valence-corrected chi connectivity index (χ0v) is 20.9. The van der Waals surface area contributed by atoms with E-state index in [2.05, 4.69) is 25.1 Å². The molecule has 6 heterocycles. The topological polar surface area (TPSA) is 120 Å². The minimum atomic E-state index is -2.65. The molecule has 1 aliphatic rings. The second kappa shape index (κ2) is 9.12. The summed E-state index contributed by atoms with van der Waals surface area (Å²) in [4.78, 5) is 23.0. The maximum absolute atomic E-state index is 14.0. The lowest BCUT2D eigenvalue weighted by atomic mass is 10.1. The van der Waals surface area contributed by atoms with Crippen LogP contribution in [0.5, 0.6) is 5.75 Å². The fraction of sp³-hybridized carbons (Fsp3) is 0.179. The maximum atomic E-state index is 14.0. The van der Waals surface area contributed by atoms with E-state index in [9.17, 15) is 18.3 Å². The molecule has 0 spiro atoms. The van der Waals surface area contributed by atoms with E-state index in [1.54, 1.807) is 29.7 Å². The Bertz CT molecular complexity index is 1880. The summed E-state index contributed by atoms with van der Waals surface area (Å²) in [5.74, 6) is -2.99. The summed E-state index contributed by atoms with van der Waals surface area (Å²) >= 11 is 0. The van der Waals surface area contributed by atoms with Gasteiger partial charge in [0.15, 0.2) is 11.5 Å². The highest BCUT2D eigenvalue weighted by Crippen LogP contribution is 2.33. The summed E-state index contributed by atoms with van der Waals surface area (Å²) in [5, 5.41) is 17.3. The molecule has 200 valence electrons. The van der Waals surface area contributed by atoms with E-state index in [1.165, 1.54) is 12.1 Å². The van der Waals surface area contributed by atoms with Crippen molar-refractivity contribution in [1.82, 2.24) is 40.0 Å². The number of halogens is 3. The molecule has 12 heteroatoms. The van der Waals surface area contributed by atoms with E-state index in [1.807, 2.05) is 18.2 Å². The van der Waals surface area contributed by atoms with Gasteiger partial charge >= 0.3 is 0 Å². The molecule has 0 amide bonds. The fourth-order valence-electron chi connectivity index (χ4n) is 5.13. The quantitative estimate of drug-likeness (QED) is 0.270. The van der Waals surface area contributed by atoms with E-state index < -0.39 is 11.7 Å². The molecule has 1 aliphatic heterocycles. The fourth-order valence-corrected chi connectivity index (χ4v) is 5.13. The molecule has 1 saturated heterocycles. The molecular formula is C28H21F3N8O. The summed E-state index contributed by atoms with van der Waals surface area (Å²) in [7, 11) is 0. The van der Waals surface area contributed by atoms with Crippen LogP contribution in [0.4, 0.5) is 13.2 Å². The van der Waals surface area contributed by atoms with E-state index >= 15 is 0 Å². The molecule has 0 bridgehead atoms. The van der Waals surface area contributed by atoms with E-state index in [4.69, 9.17) is 9.97 Å². The van der Waals surface area contributed by atoms with Gasteiger partial charge in [0.25, 0.3) is 5.92 Å². The van der Waals surface area contributed by atoms with Gasteiger partial charge in [-0.2, -0.15) is 5.10 Å². The third kappa shape index (κ3) is 4.41. The SMILES string of the molecule is Oc1cc(F)cc(-c2cncc3[nH]c(-c4n[nH]c5ccc(-c6cncc(CN7CCC(F)(F)C7)c6)nc45)nc23)c1. The Morgan fingerprint density at radius 1 is 0.925 bits per heavy atom. The number of hydrogen-bond donors (Lipinski definition) is 3. The number of pyridine rings is 3. The number of hydrogen-bond acceptors (Lipinski definition) is 7. The Morgan fingerprint density at radius 3 is 2.62 bits per heavy atom. The van der Waals surface area contributed by atoms with E-state index in [0.29, 0.717) is 63.5 Å². The van der Waals surface area contributed by atoms with Gasteiger partial charge < -0.3 is 10.1 Å². The first-order valence-electron chi connectivity index (χ1n) is 12.5. The standard InChI is InChI=1S/C28H21F3N8O/c29-18-6-16(7-19(40)8-18)20-11-33-12-23-24(20)36-27(35-23)26-25-22(37-38-26)2-1-21(34-25)17-5-15(9-32-10-17)13-39-4-3-28(30,31)14-39/h1-2,5-12,40H,3-4,13-14H2,(H,35,36)(H,37,38). The number of nitrogens with one attached hydrogen (secondary N) is 2. The maximum Gasteiger partial charge on any atom is 0.261 e. The average Bonchev–Trinajstić information content (AvgIpc) is 3.63. The average molecular weight is 543 g/mol. The van der Waals surface area contributed by atoms with Gasteiger partial charge in [0.1, 0.15) is 17.1 Å². The first kappa shape index (κ1) is 24.2. The Labute approximate surface area is 224 Å². The lowest BCUT2D eigenvalue weighted by Gasteiger charge is -2.15. The first-order chi connectivity index (χ1) is 19.3. The molecule has 5 aromatic heterocycles. The second-order valence-corrected chi connectivity index (χ2v) is 9.93. The third-order valence-electron chi connectivity index (χ3n) is 6.97. The van der Waals surface area contributed by atoms with Crippen molar-refractivity contribution in [2.45, 2.75) is 18.9 Å². The predicted octanol–water partition coefficient (Wildman–Crippen LogP) is 5.31. The van der Waals surface area contributed by atoms with Crippen molar-refractivity contribution in [2.24, 2.45) is 0 Å². The molecule has 6 aromatic rings. The van der Waals surface area contributed by atoms with Crippen LogP contribution in [0.3, 0.4) is 0 Å². The number of benzene rings is 1. The molecule has 0 aliphatic carbocycles. The number of aromatic amines is 2. The lowest BCUT2D eigenvalue weighted by molar-refractivity contribution is 0.0115. The van der Waals surface area contributed by atoms with Crippen molar-refractivity contribution >= 4 is 22.1 Å². The van der Waals surface area contributed by atoms with Gasteiger partial charge in [-0.05, 0) is 41.5 Å². The van der Waals surface area contributed by atoms with Crippen LogP contribution in [0, 0.1) is 5.82 Å². The first-order valence-corrected chi connectivity index (χ1v) is 12.5. The van der Waals surface area contributed by atoms with Crippen molar-refractivity contribution in [3.05, 3.63) is 72.6 Å². The molecule has 0 radical (unpaired) electrons. The number of aromatic hydroxyl groups is 1. The summed E-state index contributed by atoms with van der Waals surface area (Å²) in [5.41, 5.74) is 6.07. The molecule has 1 fully saturated rings. The van der Waals surface area contributed by atoms with Crippen LogP contribution in [0.1, 0.15) is 12.0 Å². The minimum absolute atomic E-state index is 0.133. The monoisotopic (exact) mass is 542 g/mol. The van der Waals surface area contributed by atoms with E-state index in [-0.39, 0.29) is 18.7 Å². The lowest BCUT2D eigenvalue weighted by Crippen LogP contribution is -2.24. The Morgan fingerprint density at radius 2 is 1.80 bits per heavy atom. The van der Waals surface area contributed by atoms with Gasteiger partial charge in [-0.3, -0.25) is 20.0 Å². The van der Waals surface area contributed by atoms with Crippen molar-refractivity contribution in [3.63, 3.8) is 0 Å². The number of imidazole rings is 1. The van der Waals surface area contributed by atoms with Crippen molar-refractivity contribution in [2.75, 3.05) is 13.1 Å². The third-order valence-corrected chi connectivity index (χ3v) is 6.97. The smallest absolute Gasteiger partial charge is 0.261 e. The van der Waals surface area contributed by atoms with Gasteiger partial charge in [0.05, 0.1) is 35.0 Å². The summed E-state index contributed by atoms with van der Waals surface area (Å²) in [6, 6.07) is 9.38. The molecule has 40 heavy (non-hydrogen) atoms. The van der Waals surface area contributed by atoms with Crippen LogP contribution in [0.15, 0.2) is 61.2 Å². The summed E-state index contributed by atoms with van der Waals surface area (Å²) < 4.78 is 41.2.